The average molecular weight is 420 g/mol. The molecule has 0 fully saturated rings. The molecule has 0 saturated heterocycles. The molecule has 0 bridgehead atoms. The van der Waals surface area contributed by atoms with Crippen molar-refractivity contribution in [3.05, 3.63) is 60.0 Å². The first-order chi connectivity index (χ1) is 12.8. The van der Waals surface area contributed by atoms with Crippen LogP contribution in [0, 0.1) is 0 Å². The number of hydrogen-bond acceptors (Lipinski definition) is 6. The Morgan fingerprint density at radius 2 is 1.93 bits per heavy atom. The number of primary sulfonamides is 1. The van der Waals surface area contributed by atoms with Crippen LogP contribution >= 0.6 is 23.1 Å². The Kier molecular flexibility index (Phi) is 5.95. The standard InChI is InChI=1S/C18H17N3O3S3/c1-12(17(22)20-14-8-5-9-15(10-14)27(19,23)24)26-18-21-16(11-25-18)13-6-3-2-4-7-13/h2-12H,1H3,(H,20,22)(H2,19,23,24). The second-order valence-electron chi connectivity index (χ2n) is 5.69. The van der Waals surface area contributed by atoms with Crippen LogP contribution in [0.1, 0.15) is 6.92 Å². The molecule has 3 N–H and O–H groups in total. The van der Waals surface area contributed by atoms with E-state index in [4.69, 9.17) is 5.14 Å². The summed E-state index contributed by atoms with van der Waals surface area (Å²) in [4.78, 5) is 16.9. The van der Waals surface area contributed by atoms with Gasteiger partial charge in [-0.15, -0.1) is 11.3 Å². The first kappa shape index (κ1) is 19.6. The maximum atomic E-state index is 12.4. The minimum atomic E-state index is -3.82. The van der Waals surface area contributed by atoms with Crippen molar-refractivity contribution in [3.63, 3.8) is 0 Å². The molecule has 2 aromatic carbocycles. The molecule has 0 saturated carbocycles. The van der Waals surface area contributed by atoms with Gasteiger partial charge in [-0.25, -0.2) is 18.5 Å². The molecule has 3 aromatic rings. The van der Waals surface area contributed by atoms with Crippen LogP contribution in [0.4, 0.5) is 5.69 Å². The van der Waals surface area contributed by atoms with Crippen molar-refractivity contribution in [2.75, 3.05) is 5.32 Å². The SMILES string of the molecule is CC(Sc1nc(-c2ccccc2)cs1)C(=O)Nc1cccc(S(N)(=O)=O)c1. The molecule has 0 aliphatic carbocycles. The van der Waals surface area contributed by atoms with Gasteiger partial charge in [0.25, 0.3) is 0 Å². The van der Waals surface area contributed by atoms with E-state index >= 15 is 0 Å². The lowest BCUT2D eigenvalue weighted by atomic mass is 10.2. The largest absolute Gasteiger partial charge is 0.325 e. The minimum Gasteiger partial charge on any atom is -0.325 e. The Bertz CT molecular complexity index is 1050. The van der Waals surface area contributed by atoms with Crippen LogP contribution in [-0.4, -0.2) is 24.6 Å². The topological polar surface area (TPSA) is 102 Å². The van der Waals surface area contributed by atoms with Gasteiger partial charge in [0.05, 0.1) is 15.8 Å². The molecule has 1 amide bonds. The van der Waals surface area contributed by atoms with Crippen molar-refractivity contribution >= 4 is 44.7 Å². The zero-order chi connectivity index (χ0) is 19.4. The number of hydrogen-bond donors (Lipinski definition) is 2. The molecule has 3 rings (SSSR count). The summed E-state index contributed by atoms with van der Waals surface area (Å²) in [5, 5.41) is 9.38. The normalized spacial score (nSPS) is 12.5. The number of carbonyl (C=O) groups excluding carboxylic acids is 1. The quantitative estimate of drug-likeness (QED) is 0.595. The van der Waals surface area contributed by atoms with Crippen molar-refractivity contribution in [1.29, 1.82) is 0 Å². The number of benzene rings is 2. The van der Waals surface area contributed by atoms with Gasteiger partial charge < -0.3 is 5.32 Å². The van der Waals surface area contributed by atoms with Crippen LogP contribution in [0.3, 0.4) is 0 Å². The van der Waals surface area contributed by atoms with E-state index in [1.807, 2.05) is 35.7 Å². The molecule has 6 nitrogen and oxygen atoms in total. The highest BCUT2D eigenvalue weighted by molar-refractivity contribution is 8.02. The highest BCUT2D eigenvalue weighted by Crippen LogP contribution is 2.31. The van der Waals surface area contributed by atoms with Crippen LogP contribution in [0.2, 0.25) is 0 Å². The maximum Gasteiger partial charge on any atom is 0.238 e. The molecule has 0 radical (unpaired) electrons. The lowest BCUT2D eigenvalue weighted by Crippen LogP contribution is -2.22. The fourth-order valence-electron chi connectivity index (χ4n) is 2.25. The Hall–Kier alpha value is -2.20. The number of nitrogens with one attached hydrogen (secondary N) is 1. The summed E-state index contributed by atoms with van der Waals surface area (Å²) < 4.78 is 23.6. The van der Waals surface area contributed by atoms with Gasteiger partial charge in [-0.1, -0.05) is 48.2 Å². The van der Waals surface area contributed by atoms with Gasteiger partial charge in [-0.05, 0) is 25.1 Å². The van der Waals surface area contributed by atoms with Gasteiger partial charge in [0.2, 0.25) is 15.9 Å². The third-order valence-corrected chi connectivity index (χ3v) is 6.61. The van der Waals surface area contributed by atoms with Gasteiger partial charge >= 0.3 is 0 Å². The molecule has 1 heterocycles. The summed E-state index contributed by atoms with van der Waals surface area (Å²) in [6.07, 6.45) is 0. The predicted molar refractivity (Wildman–Crippen MR) is 109 cm³/mol. The smallest absolute Gasteiger partial charge is 0.238 e. The molecule has 1 aromatic heterocycles. The number of nitrogens with two attached hydrogens (primary N) is 1. The fraction of sp³-hybridized carbons (Fsp3) is 0.111. The second kappa shape index (κ2) is 8.22. The highest BCUT2D eigenvalue weighted by atomic mass is 32.2. The highest BCUT2D eigenvalue weighted by Gasteiger charge is 2.18. The van der Waals surface area contributed by atoms with E-state index in [9.17, 15) is 13.2 Å². The molecule has 0 spiro atoms. The number of thioether (sulfide) groups is 1. The predicted octanol–water partition coefficient (Wildman–Crippen LogP) is 3.58. The molecule has 1 unspecified atom stereocenters. The van der Waals surface area contributed by atoms with Crippen LogP contribution < -0.4 is 10.5 Å². The zero-order valence-electron chi connectivity index (χ0n) is 14.3. The number of thiazole rings is 1. The van der Waals surface area contributed by atoms with E-state index in [1.165, 1.54) is 41.3 Å². The maximum absolute atomic E-state index is 12.4. The van der Waals surface area contributed by atoms with E-state index in [0.717, 1.165) is 15.6 Å². The number of anilines is 1. The molecule has 0 aliphatic heterocycles. The summed E-state index contributed by atoms with van der Waals surface area (Å²) in [5.41, 5.74) is 2.28. The van der Waals surface area contributed by atoms with Crippen molar-refractivity contribution in [3.8, 4) is 11.3 Å². The number of amides is 1. The minimum absolute atomic E-state index is 0.0481. The summed E-state index contributed by atoms with van der Waals surface area (Å²) in [6.45, 7) is 1.77. The zero-order valence-corrected chi connectivity index (χ0v) is 16.8. The van der Waals surface area contributed by atoms with Gasteiger partial charge in [0, 0.05) is 16.6 Å². The average Bonchev–Trinajstić information content (AvgIpc) is 3.10. The van der Waals surface area contributed by atoms with Gasteiger partial charge in [0.1, 0.15) is 0 Å². The number of rotatable bonds is 6. The fourth-order valence-corrected chi connectivity index (χ4v) is 4.78. The first-order valence-corrected chi connectivity index (χ1v) is 11.2. The summed E-state index contributed by atoms with van der Waals surface area (Å²) in [7, 11) is -3.82. The molecule has 140 valence electrons. The van der Waals surface area contributed by atoms with Crippen LogP contribution in [-0.2, 0) is 14.8 Å². The molecular weight excluding hydrogens is 402 g/mol. The van der Waals surface area contributed by atoms with E-state index < -0.39 is 15.3 Å². The van der Waals surface area contributed by atoms with Crippen molar-refractivity contribution in [2.24, 2.45) is 5.14 Å². The number of carbonyl (C=O) groups is 1. The molecule has 9 heteroatoms. The van der Waals surface area contributed by atoms with Crippen LogP contribution in [0.5, 0.6) is 0 Å². The Morgan fingerprint density at radius 1 is 1.19 bits per heavy atom. The van der Waals surface area contributed by atoms with E-state index in [0.29, 0.717) is 5.69 Å². The van der Waals surface area contributed by atoms with Crippen molar-refractivity contribution in [2.45, 2.75) is 21.4 Å². The second-order valence-corrected chi connectivity index (χ2v) is 9.69. The van der Waals surface area contributed by atoms with E-state index in [-0.39, 0.29) is 10.8 Å². The molecule has 27 heavy (non-hydrogen) atoms. The van der Waals surface area contributed by atoms with Gasteiger partial charge in [0.15, 0.2) is 4.34 Å². The number of aromatic nitrogens is 1. The van der Waals surface area contributed by atoms with Gasteiger partial charge in [-0.2, -0.15) is 0 Å². The van der Waals surface area contributed by atoms with Crippen LogP contribution in [0.25, 0.3) is 11.3 Å². The molecule has 0 aliphatic rings. The number of nitrogens with zero attached hydrogens (tertiary/aromatic N) is 1. The van der Waals surface area contributed by atoms with E-state index in [2.05, 4.69) is 10.3 Å². The van der Waals surface area contributed by atoms with E-state index in [1.54, 1.807) is 13.0 Å². The monoisotopic (exact) mass is 419 g/mol. The van der Waals surface area contributed by atoms with Crippen molar-refractivity contribution < 1.29 is 13.2 Å². The van der Waals surface area contributed by atoms with Crippen molar-refractivity contribution in [1.82, 2.24) is 4.98 Å². The summed E-state index contributed by atoms with van der Waals surface area (Å²) in [6, 6.07) is 15.7. The molecule has 1 atom stereocenters. The summed E-state index contributed by atoms with van der Waals surface area (Å²) >= 11 is 2.83. The van der Waals surface area contributed by atoms with Crippen LogP contribution in [0.15, 0.2) is 69.2 Å². The third kappa shape index (κ3) is 5.16. The first-order valence-electron chi connectivity index (χ1n) is 7.94. The summed E-state index contributed by atoms with van der Waals surface area (Å²) in [5.74, 6) is -0.247. The lowest BCUT2D eigenvalue weighted by Gasteiger charge is -2.11. The Balaban J connectivity index is 1.66. The Labute approximate surface area is 165 Å². The van der Waals surface area contributed by atoms with Gasteiger partial charge in [-0.3, -0.25) is 4.79 Å². The Morgan fingerprint density at radius 3 is 2.63 bits per heavy atom. The third-order valence-electron chi connectivity index (χ3n) is 3.63. The molecular formula is C18H17N3O3S3. The number of sulfonamides is 1. The lowest BCUT2D eigenvalue weighted by molar-refractivity contribution is -0.115.